The third-order valence-electron chi connectivity index (χ3n) is 4.36. The van der Waals surface area contributed by atoms with Crippen molar-refractivity contribution in [3.8, 4) is 0 Å². The molecule has 1 saturated carbocycles. The molecular weight excluding hydrogens is 444 g/mol. The smallest absolute Gasteiger partial charge is 0.339 e. The fourth-order valence-corrected chi connectivity index (χ4v) is 6.21. The SMILES string of the molecule is COC(=O)c1cc(S(=O)(=O)N2CSCC2C(=O)NCC2CC2)ccc1Br. The van der Waals surface area contributed by atoms with Gasteiger partial charge in [-0.25, -0.2) is 13.2 Å². The summed E-state index contributed by atoms with van der Waals surface area (Å²) in [7, 11) is -2.68. The lowest BCUT2D eigenvalue weighted by Gasteiger charge is -2.23. The largest absolute Gasteiger partial charge is 0.465 e. The van der Waals surface area contributed by atoms with Gasteiger partial charge in [-0.3, -0.25) is 4.79 Å². The second kappa shape index (κ2) is 7.87. The van der Waals surface area contributed by atoms with E-state index >= 15 is 0 Å². The molecule has 26 heavy (non-hydrogen) atoms. The Labute approximate surface area is 165 Å². The average Bonchev–Trinajstić information content (AvgIpc) is 3.31. The molecule has 1 aromatic rings. The van der Waals surface area contributed by atoms with Crippen molar-refractivity contribution in [2.75, 3.05) is 25.3 Å². The first kappa shape index (κ1) is 19.7. The number of hydrogen-bond donors (Lipinski definition) is 1. The summed E-state index contributed by atoms with van der Waals surface area (Å²) in [6.45, 7) is 0.596. The van der Waals surface area contributed by atoms with Gasteiger partial charge in [0.1, 0.15) is 6.04 Å². The first-order valence-corrected chi connectivity index (χ1v) is 11.5. The number of halogens is 1. The van der Waals surface area contributed by atoms with E-state index < -0.39 is 22.0 Å². The minimum atomic E-state index is -3.91. The number of benzene rings is 1. The van der Waals surface area contributed by atoms with Gasteiger partial charge in [-0.05, 0) is 52.9 Å². The predicted octanol–water partition coefficient (Wildman–Crippen LogP) is 1.83. The second-order valence-electron chi connectivity index (χ2n) is 6.23. The summed E-state index contributed by atoms with van der Waals surface area (Å²) in [6, 6.07) is 3.43. The zero-order valence-electron chi connectivity index (χ0n) is 14.1. The summed E-state index contributed by atoms with van der Waals surface area (Å²) in [5.74, 6) is 0.232. The van der Waals surface area contributed by atoms with Crippen molar-refractivity contribution < 1.29 is 22.7 Å². The summed E-state index contributed by atoms with van der Waals surface area (Å²) in [5.41, 5.74) is 0.121. The molecule has 1 N–H and O–H groups in total. The quantitative estimate of drug-likeness (QED) is 0.648. The zero-order valence-corrected chi connectivity index (χ0v) is 17.3. The molecule has 3 rings (SSSR count). The number of nitrogens with one attached hydrogen (secondary N) is 1. The summed E-state index contributed by atoms with van der Waals surface area (Å²) in [6.07, 6.45) is 2.22. The summed E-state index contributed by atoms with van der Waals surface area (Å²) < 4.78 is 32.4. The van der Waals surface area contributed by atoms with Crippen LogP contribution in [0.5, 0.6) is 0 Å². The molecule has 0 radical (unpaired) electrons. The van der Waals surface area contributed by atoms with Gasteiger partial charge in [0.25, 0.3) is 0 Å². The van der Waals surface area contributed by atoms with Gasteiger partial charge < -0.3 is 10.1 Å². The molecule has 1 unspecified atom stereocenters. The fraction of sp³-hybridized carbons (Fsp3) is 0.500. The summed E-state index contributed by atoms with van der Waals surface area (Å²) >= 11 is 4.61. The molecule has 0 bridgehead atoms. The Morgan fingerprint density at radius 2 is 2.12 bits per heavy atom. The van der Waals surface area contributed by atoms with Crippen LogP contribution in [-0.4, -0.2) is 55.9 Å². The first-order valence-electron chi connectivity index (χ1n) is 8.09. The van der Waals surface area contributed by atoms with Gasteiger partial charge in [0.2, 0.25) is 15.9 Å². The van der Waals surface area contributed by atoms with Crippen LogP contribution >= 0.6 is 27.7 Å². The van der Waals surface area contributed by atoms with E-state index in [0.717, 1.165) is 12.8 Å². The van der Waals surface area contributed by atoms with E-state index in [9.17, 15) is 18.0 Å². The van der Waals surface area contributed by atoms with E-state index in [1.807, 2.05) is 0 Å². The first-order chi connectivity index (χ1) is 12.3. The van der Waals surface area contributed by atoms with E-state index in [2.05, 4.69) is 26.0 Å². The standard InChI is InChI=1S/C16H19BrN2O5S2/c1-24-16(21)12-6-11(4-5-13(12)17)26(22,23)19-9-25-8-14(19)15(20)18-7-10-2-3-10/h4-6,10,14H,2-3,7-9H2,1H3,(H,18,20). The number of ether oxygens (including phenoxy) is 1. The highest BCUT2D eigenvalue weighted by atomic mass is 79.9. The lowest BCUT2D eigenvalue weighted by atomic mass is 10.2. The number of thioether (sulfide) groups is 1. The molecule has 0 spiro atoms. The number of sulfonamides is 1. The maximum absolute atomic E-state index is 13.0. The van der Waals surface area contributed by atoms with Crippen LogP contribution in [0.25, 0.3) is 0 Å². The number of esters is 1. The lowest BCUT2D eigenvalue weighted by Crippen LogP contribution is -2.47. The minimum Gasteiger partial charge on any atom is -0.465 e. The van der Waals surface area contributed by atoms with E-state index in [1.165, 1.54) is 41.4 Å². The molecule has 0 aromatic heterocycles. The van der Waals surface area contributed by atoms with E-state index in [4.69, 9.17) is 0 Å². The molecule has 1 saturated heterocycles. The highest BCUT2D eigenvalue weighted by Gasteiger charge is 2.40. The number of rotatable bonds is 6. The van der Waals surface area contributed by atoms with Gasteiger partial charge in [-0.2, -0.15) is 4.31 Å². The zero-order chi connectivity index (χ0) is 18.9. The van der Waals surface area contributed by atoms with Crippen LogP contribution in [0.1, 0.15) is 23.2 Å². The van der Waals surface area contributed by atoms with Crippen molar-refractivity contribution >= 4 is 49.6 Å². The van der Waals surface area contributed by atoms with Crippen molar-refractivity contribution in [3.63, 3.8) is 0 Å². The van der Waals surface area contributed by atoms with Crippen molar-refractivity contribution in [2.45, 2.75) is 23.8 Å². The molecule has 2 fully saturated rings. The Morgan fingerprint density at radius 3 is 2.77 bits per heavy atom. The average molecular weight is 463 g/mol. The number of carbonyl (C=O) groups excluding carboxylic acids is 2. The number of carbonyl (C=O) groups is 2. The third-order valence-corrected chi connectivity index (χ3v) is 8.07. The van der Waals surface area contributed by atoms with Gasteiger partial charge in [0.15, 0.2) is 0 Å². The van der Waals surface area contributed by atoms with Crippen molar-refractivity contribution in [1.82, 2.24) is 9.62 Å². The van der Waals surface area contributed by atoms with Gasteiger partial charge >= 0.3 is 5.97 Å². The molecule has 1 heterocycles. The molecule has 142 valence electrons. The normalized spacial score (nSPS) is 20.8. The van der Waals surface area contributed by atoms with Crippen LogP contribution in [0.4, 0.5) is 0 Å². The molecule has 7 nitrogen and oxygen atoms in total. The number of nitrogens with zero attached hydrogens (tertiary/aromatic N) is 1. The van der Waals surface area contributed by atoms with E-state index in [1.54, 1.807) is 0 Å². The van der Waals surface area contributed by atoms with Crippen LogP contribution in [0.3, 0.4) is 0 Å². The maximum Gasteiger partial charge on any atom is 0.339 e. The molecular formula is C16H19BrN2O5S2. The van der Waals surface area contributed by atoms with E-state index in [-0.39, 0.29) is 22.2 Å². The maximum atomic E-state index is 13.0. The Bertz CT molecular complexity index is 826. The highest BCUT2D eigenvalue weighted by Crippen LogP contribution is 2.31. The molecule has 1 amide bonds. The fourth-order valence-electron chi connectivity index (χ4n) is 2.62. The van der Waals surface area contributed by atoms with Crippen molar-refractivity contribution in [2.24, 2.45) is 5.92 Å². The molecule has 2 aliphatic rings. The third kappa shape index (κ3) is 4.08. The van der Waals surface area contributed by atoms with Crippen LogP contribution in [-0.2, 0) is 19.6 Å². The number of hydrogen-bond acceptors (Lipinski definition) is 6. The lowest BCUT2D eigenvalue weighted by molar-refractivity contribution is -0.123. The van der Waals surface area contributed by atoms with Gasteiger partial charge in [-0.15, -0.1) is 11.8 Å². The van der Waals surface area contributed by atoms with Gasteiger partial charge in [-0.1, -0.05) is 0 Å². The second-order valence-corrected chi connectivity index (χ2v) is 9.97. The minimum absolute atomic E-state index is 0.0383. The predicted molar refractivity (Wildman–Crippen MR) is 101 cm³/mol. The highest BCUT2D eigenvalue weighted by molar-refractivity contribution is 9.10. The van der Waals surface area contributed by atoms with Gasteiger partial charge in [0.05, 0.1) is 23.4 Å². The molecule has 1 aromatic carbocycles. The number of amides is 1. The molecule has 1 aliphatic carbocycles. The van der Waals surface area contributed by atoms with Crippen molar-refractivity contribution in [3.05, 3.63) is 28.2 Å². The molecule has 10 heteroatoms. The Balaban J connectivity index is 1.84. The van der Waals surface area contributed by atoms with Gasteiger partial charge in [0, 0.05) is 16.8 Å². The Morgan fingerprint density at radius 1 is 1.38 bits per heavy atom. The molecule has 1 atom stereocenters. The van der Waals surface area contributed by atoms with Crippen LogP contribution in [0, 0.1) is 5.92 Å². The Kier molecular flexibility index (Phi) is 5.95. The Hall–Kier alpha value is -1.10. The monoisotopic (exact) mass is 462 g/mol. The van der Waals surface area contributed by atoms with Crippen LogP contribution in [0.2, 0.25) is 0 Å². The van der Waals surface area contributed by atoms with Crippen molar-refractivity contribution in [1.29, 1.82) is 0 Å². The van der Waals surface area contributed by atoms with Crippen LogP contribution < -0.4 is 5.32 Å². The number of methoxy groups -OCH3 is 1. The topological polar surface area (TPSA) is 92.8 Å². The summed E-state index contributed by atoms with van der Waals surface area (Å²) in [5, 5.41) is 2.85. The van der Waals surface area contributed by atoms with E-state index in [0.29, 0.717) is 22.7 Å². The molecule has 1 aliphatic heterocycles. The van der Waals surface area contributed by atoms with Crippen LogP contribution in [0.15, 0.2) is 27.6 Å². The summed E-state index contributed by atoms with van der Waals surface area (Å²) in [4.78, 5) is 24.2.